The van der Waals surface area contributed by atoms with E-state index >= 15 is 0 Å². The third kappa shape index (κ3) is 1.94. The zero-order valence-corrected chi connectivity index (χ0v) is 8.89. The molecule has 13 heavy (non-hydrogen) atoms. The van der Waals surface area contributed by atoms with Gasteiger partial charge in [-0.2, -0.15) is 0 Å². The van der Waals surface area contributed by atoms with Crippen LogP contribution in [0.3, 0.4) is 0 Å². The molecule has 0 spiro atoms. The van der Waals surface area contributed by atoms with Gasteiger partial charge in [0.1, 0.15) is 0 Å². The Labute approximate surface area is 84.0 Å². The van der Waals surface area contributed by atoms with E-state index in [1.807, 2.05) is 11.3 Å². The first-order valence-corrected chi connectivity index (χ1v) is 5.93. The van der Waals surface area contributed by atoms with Gasteiger partial charge in [0.25, 0.3) is 0 Å². The molecular formula is C11H17NS. The molecule has 3 unspecified atom stereocenters. The minimum absolute atomic E-state index is 0.449. The predicted octanol–water partition coefficient (Wildman–Crippen LogP) is 2.66. The highest BCUT2D eigenvalue weighted by molar-refractivity contribution is 7.09. The first-order chi connectivity index (χ1) is 6.27. The van der Waals surface area contributed by atoms with Crippen molar-refractivity contribution in [3.8, 4) is 0 Å². The predicted molar refractivity (Wildman–Crippen MR) is 57.9 cm³/mol. The van der Waals surface area contributed by atoms with Gasteiger partial charge in [0.05, 0.1) is 0 Å². The van der Waals surface area contributed by atoms with E-state index in [9.17, 15) is 0 Å². The Bertz CT molecular complexity index is 255. The molecule has 72 valence electrons. The van der Waals surface area contributed by atoms with Crippen molar-refractivity contribution in [3.05, 3.63) is 22.4 Å². The second-order valence-corrected chi connectivity index (χ2v) is 5.18. The molecule has 1 aliphatic rings. The van der Waals surface area contributed by atoms with Gasteiger partial charge in [-0.25, -0.2) is 0 Å². The van der Waals surface area contributed by atoms with Gasteiger partial charge in [0, 0.05) is 10.9 Å². The van der Waals surface area contributed by atoms with Gasteiger partial charge in [0.2, 0.25) is 0 Å². The third-order valence-electron chi connectivity index (χ3n) is 3.33. The van der Waals surface area contributed by atoms with Crippen LogP contribution in [0, 0.1) is 11.8 Å². The molecule has 1 heterocycles. The summed E-state index contributed by atoms with van der Waals surface area (Å²) in [5.74, 6) is 1.54. The van der Waals surface area contributed by atoms with Crippen LogP contribution in [0.1, 0.15) is 24.6 Å². The van der Waals surface area contributed by atoms with E-state index in [2.05, 4.69) is 24.4 Å². The molecule has 1 aliphatic carbocycles. The molecule has 1 fully saturated rings. The largest absolute Gasteiger partial charge is 0.327 e. The lowest BCUT2D eigenvalue weighted by atomic mass is 9.92. The Kier molecular flexibility index (Phi) is 2.70. The lowest BCUT2D eigenvalue weighted by Crippen LogP contribution is -2.25. The average Bonchev–Trinajstić information content (AvgIpc) is 2.71. The maximum Gasteiger partial charge on any atom is 0.00673 e. The van der Waals surface area contributed by atoms with E-state index in [1.165, 1.54) is 24.1 Å². The smallest absolute Gasteiger partial charge is 0.00673 e. The quantitative estimate of drug-likeness (QED) is 0.771. The molecule has 2 heteroatoms. The van der Waals surface area contributed by atoms with Crippen molar-refractivity contribution in [3.63, 3.8) is 0 Å². The van der Waals surface area contributed by atoms with Crippen LogP contribution in [0.5, 0.6) is 0 Å². The van der Waals surface area contributed by atoms with Crippen molar-refractivity contribution in [2.75, 3.05) is 0 Å². The number of hydrogen-bond donors (Lipinski definition) is 1. The number of rotatable bonds is 2. The molecule has 2 N–H and O–H groups in total. The van der Waals surface area contributed by atoms with E-state index in [-0.39, 0.29) is 0 Å². The van der Waals surface area contributed by atoms with Crippen molar-refractivity contribution in [1.29, 1.82) is 0 Å². The second kappa shape index (κ2) is 3.81. The molecule has 2 rings (SSSR count). The van der Waals surface area contributed by atoms with E-state index in [1.54, 1.807) is 0 Å². The topological polar surface area (TPSA) is 26.0 Å². The minimum Gasteiger partial charge on any atom is -0.327 e. The van der Waals surface area contributed by atoms with Gasteiger partial charge in [-0.05, 0) is 42.5 Å². The highest BCUT2D eigenvalue weighted by atomic mass is 32.1. The van der Waals surface area contributed by atoms with Crippen molar-refractivity contribution in [2.24, 2.45) is 17.6 Å². The summed E-state index contributed by atoms with van der Waals surface area (Å²) in [7, 11) is 0. The SMILES string of the molecule is CC1C(N)CCC1Cc1cccs1. The van der Waals surface area contributed by atoms with E-state index < -0.39 is 0 Å². The van der Waals surface area contributed by atoms with Crippen molar-refractivity contribution in [2.45, 2.75) is 32.2 Å². The lowest BCUT2D eigenvalue weighted by molar-refractivity contribution is 0.392. The molecule has 0 radical (unpaired) electrons. The molecule has 0 saturated heterocycles. The highest BCUT2D eigenvalue weighted by Crippen LogP contribution is 2.33. The Morgan fingerprint density at radius 1 is 1.54 bits per heavy atom. The van der Waals surface area contributed by atoms with Gasteiger partial charge < -0.3 is 5.73 Å². The fraction of sp³-hybridized carbons (Fsp3) is 0.636. The minimum atomic E-state index is 0.449. The van der Waals surface area contributed by atoms with Gasteiger partial charge in [-0.15, -0.1) is 11.3 Å². The second-order valence-electron chi connectivity index (χ2n) is 4.14. The van der Waals surface area contributed by atoms with Crippen LogP contribution < -0.4 is 5.73 Å². The molecule has 0 aromatic carbocycles. The average molecular weight is 195 g/mol. The molecule has 3 atom stereocenters. The summed E-state index contributed by atoms with van der Waals surface area (Å²) in [6.07, 6.45) is 3.78. The normalized spacial score (nSPS) is 33.8. The molecule has 0 amide bonds. The van der Waals surface area contributed by atoms with Crippen LogP contribution in [-0.2, 0) is 6.42 Å². The fourth-order valence-corrected chi connectivity index (χ4v) is 3.06. The van der Waals surface area contributed by atoms with Gasteiger partial charge in [-0.1, -0.05) is 13.0 Å². The van der Waals surface area contributed by atoms with E-state index in [4.69, 9.17) is 5.73 Å². The summed E-state index contributed by atoms with van der Waals surface area (Å²) < 4.78 is 0. The van der Waals surface area contributed by atoms with Crippen LogP contribution >= 0.6 is 11.3 Å². The first kappa shape index (κ1) is 9.22. The molecule has 0 bridgehead atoms. The Morgan fingerprint density at radius 2 is 2.38 bits per heavy atom. The van der Waals surface area contributed by atoms with Gasteiger partial charge in [-0.3, -0.25) is 0 Å². The summed E-state index contributed by atoms with van der Waals surface area (Å²) >= 11 is 1.87. The molecule has 1 nitrogen and oxygen atoms in total. The van der Waals surface area contributed by atoms with E-state index in [0.29, 0.717) is 12.0 Å². The Hall–Kier alpha value is -0.340. The van der Waals surface area contributed by atoms with Crippen LogP contribution in [0.2, 0.25) is 0 Å². The molecule has 0 aliphatic heterocycles. The maximum atomic E-state index is 6.00. The van der Waals surface area contributed by atoms with Crippen LogP contribution in [0.25, 0.3) is 0 Å². The Balaban J connectivity index is 1.96. The maximum absolute atomic E-state index is 6.00. The highest BCUT2D eigenvalue weighted by Gasteiger charge is 2.30. The van der Waals surface area contributed by atoms with E-state index in [0.717, 1.165) is 5.92 Å². The van der Waals surface area contributed by atoms with Crippen molar-refractivity contribution >= 4 is 11.3 Å². The number of nitrogens with two attached hydrogens (primary N) is 1. The lowest BCUT2D eigenvalue weighted by Gasteiger charge is -2.16. The van der Waals surface area contributed by atoms with Crippen LogP contribution in [0.15, 0.2) is 17.5 Å². The fourth-order valence-electron chi connectivity index (χ4n) is 2.26. The van der Waals surface area contributed by atoms with Crippen molar-refractivity contribution < 1.29 is 0 Å². The zero-order valence-electron chi connectivity index (χ0n) is 8.07. The summed E-state index contributed by atoms with van der Waals surface area (Å²) in [5.41, 5.74) is 6.00. The Morgan fingerprint density at radius 3 is 2.92 bits per heavy atom. The summed E-state index contributed by atoms with van der Waals surface area (Å²) in [5, 5.41) is 2.16. The summed E-state index contributed by atoms with van der Waals surface area (Å²) in [6, 6.07) is 4.82. The number of thiophene rings is 1. The van der Waals surface area contributed by atoms with Gasteiger partial charge in [0.15, 0.2) is 0 Å². The molecule has 1 aromatic heterocycles. The summed E-state index contributed by atoms with van der Waals surface area (Å²) in [4.78, 5) is 1.52. The molecule has 1 aromatic rings. The number of hydrogen-bond acceptors (Lipinski definition) is 2. The zero-order chi connectivity index (χ0) is 9.26. The molecular weight excluding hydrogens is 178 g/mol. The standard InChI is InChI=1S/C11H17NS/c1-8-9(4-5-11(8)12)7-10-3-2-6-13-10/h2-3,6,8-9,11H,4-5,7,12H2,1H3. The van der Waals surface area contributed by atoms with Crippen molar-refractivity contribution in [1.82, 2.24) is 0 Å². The van der Waals surface area contributed by atoms with Crippen LogP contribution in [-0.4, -0.2) is 6.04 Å². The monoisotopic (exact) mass is 195 g/mol. The van der Waals surface area contributed by atoms with Gasteiger partial charge >= 0.3 is 0 Å². The third-order valence-corrected chi connectivity index (χ3v) is 4.23. The molecule has 1 saturated carbocycles. The van der Waals surface area contributed by atoms with Crippen LogP contribution in [0.4, 0.5) is 0 Å². The summed E-state index contributed by atoms with van der Waals surface area (Å²) in [6.45, 7) is 2.30. The first-order valence-electron chi connectivity index (χ1n) is 5.05.